The molecule has 0 aromatic heterocycles. The van der Waals surface area contributed by atoms with Crippen molar-refractivity contribution >= 4 is 11.7 Å². The molecule has 1 aromatic carbocycles. The van der Waals surface area contributed by atoms with Crippen LogP contribution in [0.5, 0.6) is 5.75 Å². The van der Waals surface area contributed by atoms with Crippen molar-refractivity contribution < 1.29 is 22.7 Å². The number of alkyl halides is 3. The van der Waals surface area contributed by atoms with E-state index in [-0.39, 0.29) is 17.6 Å². The highest BCUT2D eigenvalue weighted by Gasteiger charge is 2.34. The minimum absolute atomic E-state index is 0.0132. The zero-order chi connectivity index (χ0) is 16.3. The van der Waals surface area contributed by atoms with Gasteiger partial charge in [0, 0.05) is 12.6 Å². The highest BCUT2D eigenvalue weighted by atomic mass is 19.4. The van der Waals surface area contributed by atoms with Gasteiger partial charge in [-0.25, -0.2) is 4.79 Å². The van der Waals surface area contributed by atoms with Crippen LogP contribution in [0.4, 0.5) is 23.7 Å². The van der Waals surface area contributed by atoms with E-state index in [1.807, 2.05) is 13.8 Å². The summed E-state index contributed by atoms with van der Waals surface area (Å²) in [7, 11) is 0. The van der Waals surface area contributed by atoms with Crippen LogP contribution in [0, 0.1) is 5.92 Å². The van der Waals surface area contributed by atoms with Gasteiger partial charge in [-0.15, -0.1) is 13.2 Å². The van der Waals surface area contributed by atoms with Gasteiger partial charge >= 0.3 is 12.4 Å². The smallest absolute Gasteiger partial charge is 0.404 e. The fourth-order valence-corrected chi connectivity index (χ4v) is 2.15. The quantitative estimate of drug-likeness (QED) is 0.883. The number of nitrogens with one attached hydrogen (secondary N) is 1. The molecule has 0 radical (unpaired) electrons. The van der Waals surface area contributed by atoms with E-state index < -0.39 is 18.1 Å². The maximum Gasteiger partial charge on any atom is 0.573 e. The first-order valence-corrected chi connectivity index (χ1v) is 7.18. The van der Waals surface area contributed by atoms with Gasteiger partial charge in [0.25, 0.3) is 0 Å². The molecule has 1 aromatic rings. The van der Waals surface area contributed by atoms with Gasteiger partial charge in [-0.3, -0.25) is 0 Å². The first-order valence-electron chi connectivity index (χ1n) is 7.18. The first-order chi connectivity index (χ1) is 10.3. The summed E-state index contributed by atoms with van der Waals surface area (Å²) in [4.78, 5) is 14.0. The van der Waals surface area contributed by atoms with Gasteiger partial charge in [-0.2, -0.15) is 0 Å². The Kier molecular flexibility index (Phi) is 4.83. The Morgan fingerprint density at radius 3 is 2.55 bits per heavy atom. The number of nitrogens with zero attached hydrogens (tertiary/aromatic N) is 1. The maximum atomic E-state index is 12.4. The summed E-state index contributed by atoms with van der Waals surface area (Å²) in [6.07, 6.45) is -2.93. The predicted molar refractivity (Wildman–Crippen MR) is 76.7 cm³/mol. The van der Waals surface area contributed by atoms with Gasteiger partial charge < -0.3 is 15.0 Å². The summed E-state index contributed by atoms with van der Waals surface area (Å²) in [6.45, 7) is 4.55. The molecule has 0 heterocycles. The molecule has 1 aliphatic carbocycles. The molecule has 2 amide bonds. The standard InChI is InChI=1S/C15H19F3N2O2/c1-10(2)9-20(11-7-8-11)14(21)19-12-5-3-4-6-13(12)22-15(16,17)18/h3-6,10-11H,7-9H2,1-2H3,(H,19,21). The Morgan fingerprint density at radius 2 is 2.00 bits per heavy atom. The lowest BCUT2D eigenvalue weighted by Gasteiger charge is -2.25. The monoisotopic (exact) mass is 316 g/mol. The van der Waals surface area contributed by atoms with E-state index in [9.17, 15) is 18.0 Å². The Bertz CT molecular complexity index is 528. The molecule has 0 saturated heterocycles. The molecule has 2 rings (SSSR count). The van der Waals surface area contributed by atoms with Crippen molar-refractivity contribution in [3.8, 4) is 5.75 Å². The molecule has 0 bridgehead atoms. The van der Waals surface area contributed by atoms with Crippen molar-refractivity contribution in [1.82, 2.24) is 4.90 Å². The summed E-state index contributed by atoms with van der Waals surface area (Å²) in [6, 6.07) is 5.31. The SMILES string of the molecule is CC(C)CN(C(=O)Nc1ccccc1OC(F)(F)F)C1CC1. The van der Waals surface area contributed by atoms with Crippen LogP contribution in [0.3, 0.4) is 0 Å². The number of para-hydroxylation sites is 2. The summed E-state index contributed by atoms with van der Waals surface area (Å²) in [5, 5.41) is 2.52. The molecule has 122 valence electrons. The third-order valence-electron chi connectivity index (χ3n) is 3.16. The molecule has 0 atom stereocenters. The van der Waals surface area contributed by atoms with Crippen LogP contribution < -0.4 is 10.1 Å². The number of anilines is 1. The molecule has 4 nitrogen and oxygen atoms in total. The summed E-state index contributed by atoms with van der Waals surface area (Å²) in [5.41, 5.74) is 0.0132. The van der Waals surface area contributed by atoms with Crippen LogP contribution in [-0.4, -0.2) is 29.9 Å². The Balaban J connectivity index is 2.10. The van der Waals surface area contributed by atoms with Crippen LogP contribution in [-0.2, 0) is 0 Å². The topological polar surface area (TPSA) is 41.6 Å². The van der Waals surface area contributed by atoms with Crippen molar-refractivity contribution in [2.45, 2.75) is 39.1 Å². The minimum atomic E-state index is -4.80. The van der Waals surface area contributed by atoms with E-state index in [1.165, 1.54) is 18.2 Å². The van der Waals surface area contributed by atoms with Crippen LogP contribution in [0.25, 0.3) is 0 Å². The number of carbonyl (C=O) groups excluding carboxylic acids is 1. The van der Waals surface area contributed by atoms with Gasteiger partial charge in [0.05, 0.1) is 5.69 Å². The van der Waals surface area contributed by atoms with Crippen molar-refractivity contribution in [3.05, 3.63) is 24.3 Å². The van der Waals surface area contributed by atoms with E-state index in [1.54, 1.807) is 11.0 Å². The van der Waals surface area contributed by atoms with Crippen molar-refractivity contribution in [2.24, 2.45) is 5.92 Å². The van der Waals surface area contributed by atoms with E-state index in [4.69, 9.17) is 0 Å². The number of amides is 2. The lowest BCUT2D eigenvalue weighted by Crippen LogP contribution is -2.39. The number of rotatable bonds is 5. The number of hydrogen-bond donors (Lipinski definition) is 1. The molecular weight excluding hydrogens is 297 g/mol. The van der Waals surface area contributed by atoms with E-state index >= 15 is 0 Å². The third kappa shape index (κ3) is 4.82. The highest BCUT2D eigenvalue weighted by molar-refractivity contribution is 5.91. The fourth-order valence-electron chi connectivity index (χ4n) is 2.15. The van der Waals surface area contributed by atoms with Crippen molar-refractivity contribution in [2.75, 3.05) is 11.9 Å². The molecule has 1 N–H and O–H groups in total. The number of carbonyl (C=O) groups is 1. The zero-order valence-corrected chi connectivity index (χ0v) is 12.5. The van der Waals surface area contributed by atoms with E-state index in [0.29, 0.717) is 6.54 Å². The second-order valence-electron chi connectivity index (χ2n) is 5.75. The highest BCUT2D eigenvalue weighted by Crippen LogP contribution is 2.32. The van der Waals surface area contributed by atoms with Crippen molar-refractivity contribution in [1.29, 1.82) is 0 Å². The first kappa shape index (κ1) is 16.5. The Labute approximate surface area is 127 Å². The largest absolute Gasteiger partial charge is 0.573 e. The molecular formula is C15H19F3N2O2. The number of urea groups is 1. The van der Waals surface area contributed by atoms with Crippen molar-refractivity contribution in [3.63, 3.8) is 0 Å². The van der Waals surface area contributed by atoms with Gasteiger partial charge in [-0.1, -0.05) is 26.0 Å². The normalized spacial score (nSPS) is 14.8. The third-order valence-corrected chi connectivity index (χ3v) is 3.16. The lowest BCUT2D eigenvalue weighted by molar-refractivity contribution is -0.274. The molecule has 0 spiro atoms. The van der Waals surface area contributed by atoms with E-state index in [2.05, 4.69) is 10.1 Å². The van der Waals surface area contributed by atoms with Crippen LogP contribution in [0.1, 0.15) is 26.7 Å². The molecule has 22 heavy (non-hydrogen) atoms. The maximum absolute atomic E-state index is 12.4. The van der Waals surface area contributed by atoms with Crippen LogP contribution >= 0.6 is 0 Å². The summed E-state index contributed by atoms with van der Waals surface area (Å²) in [5.74, 6) is -0.128. The number of ether oxygens (including phenoxy) is 1. The summed E-state index contributed by atoms with van der Waals surface area (Å²) < 4.78 is 41.1. The van der Waals surface area contributed by atoms with Gasteiger partial charge in [-0.05, 0) is 30.9 Å². The molecule has 0 aliphatic heterocycles. The molecule has 1 aliphatic rings. The second kappa shape index (κ2) is 6.46. The lowest BCUT2D eigenvalue weighted by atomic mass is 10.2. The second-order valence-corrected chi connectivity index (χ2v) is 5.75. The molecule has 0 unspecified atom stereocenters. The Hall–Kier alpha value is -1.92. The van der Waals surface area contributed by atoms with Gasteiger partial charge in [0.2, 0.25) is 0 Å². The molecule has 1 fully saturated rings. The predicted octanol–water partition coefficient (Wildman–Crippen LogP) is 4.24. The number of benzene rings is 1. The number of halogens is 3. The Morgan fingerprint density at radius 1 is 1.36 bits per heavy atom. The van der Waals surface area contributed by atoms with Gasteiger partial charge in [0.15, 0.2) is 5.75 Å². The number of hydrogen-bond acceptors (Lipinski definition) is 2. The molecule has 7 heteroatoms. The van der Waals surface area contributed by atoms with Gasteiger partial charge in [0.1, 0.15) is 0 Å². The molecule has 1 saturated carbocycles. The van der Waals surface area contributed by atoms with Crippen LogP contribution in [0.2, 0.25) is 0 Å². The van der Waals surface area contributed by atoms with E-state index in [0.717, 1.165) is 12.8 Å². The van der Waals surface area contributed by atoms with Crippen LogP contribution in [0.15, 0.2) is 24.3 Å². The fraction of sp³-hybridized carbons (Fsp3) is 0.533. The average molecular weight is 316 g/mol. The summed E-state index contributed by atoms with van der Waals surface area (Å²) >= 11 is 0. The zero-order valence-electron chi connectivity index (χ0n) is 12.5. The average Bonchev–Trinajstić information content (AvgIpc) is 3.20. The minimum Gasteiger partial charge on any atom is -0.404 e.